The standard InChI is InChI=1S/C10H13N3O2/c1-15-9-7(12-5-6-13-9)8(14)10(11)3-2-4-10/h5-6H,2-4,11H2,1H3. The monoisotopic (exact) mass is 207 g/mol. The summed E-state index contributed by atoms with van der Waals surface area (Å²) in [6, 6.07) is 0. The van der Waals surface area contributed by atoms with Crippen LogP contribution in [-0.2, 0) is 0 Å². The zero-order chi connectivity index (χ0) is 10.9. The van der Waals surface area contributed by atoms with Crippen molar-refractivity contribution in [3.05, 3.63) is 18.1 Å². The molecule has 1 aromatic heterocycles. The Bertz CT molecular complexity index is 388. The first-order valence-corrected chi connectivity index (χ1v) is 4.86. The number of rotatable bonds is 3. The summed E-state index contributed by atoms with van der Waals surface area (Å²) in [5, 5.41) is 0. The Morgan fingerprint density at radius 2 is 2.13 bits per heavy atom. The molecule has 1 heterocycles. The van der Waals surface area contributed by atoms with Crippen molar-refractivity contribution in [2.24, 2.45) is 5.73 Å². The Labute approximate surface area is 87.7 Å². The number of methoxy groups -OCH3 is 1. The first-order valence-electron chi connectivity index (χ1n) is 4.86. The summed E-state index contributed by atoms with van der Waals surface area (Å²) < 4.78 is 4.98. The first kappa shape index (κ1) is 10.0. The van der Waals surface area contributed by atoms with Gasteiger partial charge in [-0.2, -0.15) is 0 Å². The molecule has 0 aliphatic heterocycles. The number of carbonyl (C=O) groups excluding carboxylic acids is 1. The molecule has 2 rings (SSSR count). The van der Waals surface area contributed by atoms with E-state index >= 15 is 0 Å². The van der Waals surface area contributed by atoms with Crippen LogP contribution in [0.25, 0.3) is 0 Å². The predicted molar refractivity (Wildman–Crippen MR) is 53.7 cm³/mol. The highest BCUT2D eigenvalue weighted by atomic mass is 16.5. The Kier molecular flexibility index (Phi) is 2.40. The summed E-state index contributed by atoms with van der Waals surface area (Å²) in [5.41, 5.74) is 5.42. The van der Waals surface area contributed by atoms with E-state index in [0.717, 1.165) is 6.42 Å². The van der Waals surface area contributed by atoms with Crippen molar-refractivity contribution in [2.45, 2.75) is 24.8 Å². The molecule has 1 aromatic rings. The van der Waals surface area contributed by atoms with Gasteiger partial charge in [0.25, 0.3) is 0 Å². The van der Waals surface area contributed by atoms with E-state index in [1.165, 1.54) is 19.5 Å². The van der Waals surface area contributed by atoms with E-state index in [4.69, 9.17) is 10.5 Å². The van der Waals surface area contributed by atoms with E-state index in [1.807, 2.05) is 0 Å². The molecule has 80 valence electrons. The number of ketones is 1. The van der Waals surface area contributed by atoms with Gasteiger partial charge in [0.05, 0.1) is 12.6 Å². The lowest BCUT2D eigenvalue weighted by molar-refractivity contribution is 0.0790. The van der Waals surface area contributed by atoms with Crippen LogP contribution in [0, 0.1) is 0 Å². The van der Waals surface area contributed by atoms with E-state index in [0.29, 0.717) is 12.8 Å². The molecule has 1 fully saturated rings. The minimum Gasteiger partial charge on any atom is -0.479 e. The maximum atomic E-state index is 12.0. The van der Waals surface area contributed by atoms with E-state index in [9.17, 15) is 4.79 Å². The summed E-state index contributed by atoms with van der Waals surface area (Å²) in [7, 11) is 1.46. The quantitative estimate of drug-likeness (QED) is 0.732. The predicted octanol–water partition coefficient (Wildman–Crippen LogP) is 0.549. The molecule has 0 amide bonds. The minimum absolute atomic E-state index is 0.168. The number of nitrogens with zero attached hydrogens (tertiary/aromatic N) is 2. The highest BCUT2D eigenvalue weighted by molar-refractivity contribution is 6.03. The van der Waals surface area contributed by atoms with Crippen molar-refractivity contribution in [1.29, 1.82) is 0 Å². The van der Waals surface area contributed by atoms with Crippen molar-refractivity contribution in [3.8, 4) is 5.88 Å². The fraction of sp³-hybridized carbons (Fsp3) is 0.500. The highest BCUT2D eigenvalue weighted by Crippen LogP contribution is 2.33. The second-order valence-electron chi connectivity index (χ2n) is 3.75. The lowest BCUT2D eigenvalue weighted by Gasteiger charge is -2.35. The SMILES string of the molecule is COc1nccnc1C(=O)C1(N)CCC1. The van der Waals surface area contributed by atoms with E-state index in [2.05, 4.69) is 9.97 Å². The topological polar surface area (TPSA) is 78.1 Å². The first-order chi connectivity index (χ1) is 7.17. The molecular formula is C10H13N3O2. The average molecular weight is 207 g/mol. The van der Waals surface area contributed by atoms with E-state index in [-0.39, 0.29) is 17.4 Å². The van der Waals surface area contributed by atoms with Gasteiger partial charge < -0.3 is 10.5 Å². The van der Waals surface area contributed by atoms with Crippen molar-refractivity contribution in [2.75, 3.05) is 7.11 Å². The fourth-order valence-electron chi connectivity index (χ4n) is 1.65. The number of carbonyl (C=O) groups is 1. The van der Waals surface area contributed by atoms with Gasteiger partial charge in [0, 0.05) is 12.4 Å². The van der Waals surface area contributed by atoms with Crippen molar-refractivity contribution < 1.29 is 9.53 Å². The molecule has 2 N–H and O–H groups in total. The summed E-state index contributed by atoms with van der Waals surface area (Å²) in [4.78, 5) is 19.9. The zero-order valence-electron chi connectivity index (χ0n) is 8.56. The highest BCUT2D eigenvalue weighted by Gasteiger charge is 2.42. The van der Waals surface area contributed by atoms with Crippen molar-refractivity contribution >= 4 is 5.78 Å². The van der Waals surface area contributed by atoms with Crippen LogP contribution in [0.1, 0.15) is 29.8 Å². The summed E-state index contributed by atoms with van der Waals surface area (Å²) in [5.74, 6) is 0.0814. The van der Waals surface area contributed by atoms with Crippen LogP contribution in [0.2, 0.25) is 0 Å². The van der Waals surface area contributed by atoms with Gasteiger partial charge in [-0.1, -0.05) is 0 Å². The molecule has 0 radical (unpaired) electrons. The zero-order valence-corrected chi connectivity index (χ0v) is 8.56. The molecule has 1 aliphatic rings. The second-order valence-corrected chi connectivity index (χ2v) is 3.75. The Morgan fingerprint density at radius 3 is 2.67 bits per heavy atom. The molecule has 0 bridgehead atoms. The summed E-state index contributed by atoms with van der Waals surface area (Å²) in [6.07, 6.45) is 5.37. The van der Waals surface area contributed by atoms with Crippen LogP contribution < -0.4 is 10.5 Å². The Morgan fingerprint density at radius 1 is 1.47 bits per heavy atom. The number of ether oxygens (including phenoxy) is 1. The third-order valence-corrected chi connectivity index (χ3v) is 2.77. The second kappa shape index (κ2) is 3.58. The molecule has 1 saturated carbocycles. The number of hydrogen-bond donors (Lipinski definition) is 1. The van der Waals surface area contributed by atoms with Crippen LogP contribution in [0.3, 0.4) is 0 Å². The van der Waals surface area contributed by atoms with Gasteiger partial charge in [0.2, 0.25) is 11.7 Å². The number of hydrogen-bond acceptors (Lipinski definition) is 5. The molecule has 15 heavy (non-hydrogen) atoms. The van der Waals surface area contributed by atoms with Gasteiger partial charge in [-0.05, 0) is 19.3 Å². The Hall–Kier alpha value is -1.49. The van der Waals surface area contributed by atoms with Crippen molar-refractivity contribution in [3.63, 3.8) is 0 Å². The van der Waals surface area contributed by atoms with Gasteiger partial charge in [-0.15, -0.1) is 0 Å². The maximum absolute atomic E-state index is 12.0. The molecule has 5 nitrogen and oxygen atoms in total. The molecule has 0 unspecified atom stereocenters. The fourth-order valence-corrected chi connectivity index (χ4v) is 1.65. The van der Waals surface area contributed by atoms with Gasteiger partial charge in [-0.3, -0.25) is 4.79 Å². The van der Waals surface area contributed by atoms with E-state index < -0.39 is 5.54 Å². The van der Waals surface area contributed by atoms with Crippen LogP contribution in [0.4, 0.5) is 0 Å². The van der Waals surface area contributed by atoms with E-state index in [1.54, 1.807) is 0 Å². The van der Waals surface area contributed by atoms with Crippen molar-refractivity contribution in [1.82, 2.24) is 9.97 Å². The number of Topliss-reactive ketones (excluding diaryl/α,β-unsaturated/α-hetero) is 1. The Balaban J connectivity index is 2.32. The molecular weight excluding hydrogens is 194 g/mol. The third kappa shape index (κ3) is 1.59. The molecule has 0 aromatic carbocycles. The lowest BCUT2D eigenvalue weighted by atomic mass is 9.74. The van der Waals surface area contributed by atoms with Crippen LogP contribution in [-0.4, -0.2) is 28.4 Å². The summed E-state index contributed by atoms with van der Waals surface area (Å²) >= 11 is 0. The number of nitrogens with two attached hydrogens (primary N) is 1. The third-order valence-electron chi connectivity index (χ3n) is 2.77. The molecule has 1 aliphatic carbocycles. The van der Waals surface area contributed by atoms with Gasteiger partial charge in [0.15, 0.2) is 5.69 Å². The maximum Gasteiger partial charge on any atom is 0.243 e. The lowest BCUT2D eigenvalue weighted by Crippen LogP contribution is -2.53. The molecule has 0 spiro atoms. The summed E-state index contributed by atoms with van der Waals surface area (Å²) in [6.45, 7) is 0. The van der Waals surface area contributed by atoms with Gasteiger partial charge in [0.1, 0.15) is 0 Å². The number of aromatic nitrogens is 2. The normalized spacial score (nSPS) is 18.0. The van der Waals surface area contributed by atoms with Gasteiger partial charge in [-0.25, -0.2) is 9.97 Å². The largest absolute Gasteiger partial charge is 0.479 e. The van der Waals surface area contributed by atoms with Gasteiger partial charge >= 0.3 is 0 Å². The van der Waals surface area contributed by atoms with Crippen LogP contribution >= 0.6 is 0 Å². The molecule has 0 saturated heterocycles. The molecule has 0 atom stereocenters. The molecule has 5 heteroatoms. The van der Waals surface area contributed by atoms with Crippen LogP contribution in [0.5, 0.6) is 5.88 Å². The van der Waals surface area contributed by atoms with Crippen LogP contribution in [0.15, 0.2) is 12.4 Å². The average Bonchev–Trinajstić information content (AvgIpc) is 2.25. The smallest absolute Gasteiger partial charge is 0.243 e. The minimum atomic E-state index is -0.747.